The van der Waals surface area contributed by atoms with Crippen LogP contribution in [0, 0.1) is 6.92 Å². The highest BCUT2D eigenvalue weighted by Gasteiger charge is 2.08. The van der Waals surface area contributed by atoms with Gasteiger partial charge in [0, 0.05) is 5.69 Å². The SMILES string of the molecule is Cc1nc(C(C)C)cc(N)c1N=CNC=O. The van der Waals surface area contributed by atoms with E-state index in [1.165, 1.54) is 6.34 Å². The van der Waals surface area contributed by atoms with Crippen molar-refractivity contribution in [3.8, 4) is 0 Å². The van der Waals surface area contributed by atoms with Crippen LogP contribution >= 0.6 is 0 Å². The molecule has 0 radical (unpaired) electrons. The first-order valence-electron chi connectivity index (χ1n) is 5.05. The van der Waals surface area contributed by atoms with Gasteiger partial charge in [-0.3, -0.25) is 9.78 Å². The Morgan fingerprint density at radius 3 is 2.75 bits per heavy atom. The van der Waals surface area contributed by atoms with Crippen LogP contribution in [-0.2, 0) is 4.79 Å². The number of nitrogens with zero attached hydrogens (tertiary/aromatic N) is 2. The summed E-state index contributed by atoms with van der Waals surface area (Å²) in [5.41, 5.74) is 8.74. The van der Waals surface area contributed by atoms with E-state index >= 15 is 0 Å². The van der Waals surface area contributed by atoms with Gasteiger partial charge in [0.15, 0.2) is 0 Å². The Hall–Kier alpha value is -1.91. The first-order valence-corrected chi connectivity index (χ1v) is 5.05. The average Bonchev–Trinajstić information content (AvgIpc) is 2.21. The standard InChI is InChI=1S/C11H16N4O/c1-7(2)10-4-9(12)11(8(3)15-10)14-5-13-6-16/h4-7H,1-3H3,(H2,12,15)(H,13,14,16). The van der Waals surface area contributed by atoms with Crippen molar-refractivity contribution in [1.82, 2.24) is 10.3 Å². The molecule has 0 saturated heterocycles. The van der Waals surface area contributed by atoms with Gasteiger partial charge in [-0.15, -0.1) is 0 Å². The van der Waals surface area contributed by atoms with Gasteiger partial charge in [0.25, 0.3) is 0 Å². The van der Waals surface area contributed by atoms with Gasteiger partial charge >= 0.3 is 0 Å². The summed E-state index contributed by atoms with van der Waals surface area (Å²) in [6, 6.07) is 1.81. The quantitative estimate of drug-likeness (QED) is 0.458. The highest BCUT2D eigenvalue weighted by atomic mass is 16.1. The second-order valence-electron chi connectivity index (χ2n) is 3.77. The smallest absolute Gasteiger partial charge is 0.212 e. The van der Waals surface area contributed by atoms with Crippen LogP contribution in [0.5, 0.6) is 0 Å². The molecule has 5 heteroatoms. The molecule has 16 heavy (non-hydrogen) atoms. The van der Waals surface area contributed by atoms with Crippen molar-refractivity contribution < 1.29 is 4.79 Å². The third kappa shape index (κ3) is 2.79. The normalized spacial score (nSPS) is 11.0. The first-order chi connectivity index (χ1) is 7.56. The van der Waals surface area contributed by atoms with Crippen LogP contribution in [0.15, 0.2) is 11.1 Å². The number of carbonyl (C=O) groups is 1. The largest absolute Gasteiger partial charge is 0.397 e. The molecular formula is C11H16N4O. The minimum absolute atomic E-state index is 0.326. The molecule has 0 atom stereocenters. The van der Waals surface area contributed by atoms with E-state index in [0.717, 1.165) is 11.4 Å². The number of aryl methyl sites for hydroxylation is 1. The zero-order chi connectivity index (χ0) is 12.1. The number of pyridine rings is 1. The molecule has 0 aromatic carbocycles. The van der Waals surface area contributed by atoms with Crippen LogP contribution < -0.4 is 11.1 Å². The number of rotatable bonds is 4. The topological polar surface area (TPSA) is 80.4 Å². The number of hydrogen-bond donors (Lipinski definition) is 2. The Bertz CT molecular complexity index is 389. The van der Waals surface area contributed by atoms with Crippen LogP contribution in [0.4, 0.5) is 11.4 Å². The first kappa shape index (κ1) is 12.2. The summed E-state index contributed by atoms with van der Waals surface area (Å²) >= 11 is 0. The number of nitrogens with two attached hydrogens (primary N) is 1. The van der Waals surface area contributed by atoms with Crippen molar-refractivity contribution in [2.24, 2.45) is 4.99 Å². The van der Waals surface area contributed by atoms with Gasteiger partial charge in [0.2, 0.25) is 6.41 Å². The van der Waals surface area contributed by atoms with E-state index in [4.69, 9.17) is 5.73 Å². The lowest BCUT2D eigenvalue weighted by molar-refractivity contribution is -0.108. The van der Waals surface area contributed by atoms with Gasteiger partial charge in [-0.1, -0.05) is 13.8 Å². The van der Waals surface area contributed by atoms with Crippen molar-refractivity contribution in [3.63, 3.8) is 0 Å². The van der Waals surface area contributed by atoms with Gasteiger partial charge in [0.05, 0.1) is 17.7 Å². The summed E-state index contributed by atoms with van der Waals surface area (Å²) in [6.07, 6.45) is 1.84. The molecule has 0 aliphatic rings. The van der Waals surface area contributed by atoms with E-state index in [0.29, 0.717) is 23.7 Å². The summed E-state index contributed by atoms with van der Waals surface area (Å²) < 4.78 is 0. The molecule has 0 aliphatic carbocycles. The number of nitrogens with one attached hydrogen (secondary N) is 1. The second-order valence-corrected chi connectivity index (χ2v) is 3.77. The molecule has 1 amide bonds. The Balaban J connectivity index is 3.07. The fourth-order valence-electron chi connectivity index (χ4n) is 1.31. The van der Waals surface area contributed by atoms with Gasteiger partial charge in [0.1, 0.15) is 5.69 Å². The van der Waals surface area contributed by atoms with Crippen LogP contribution in [-0.4, -0.2) is 17.7 Å². The van der Waals surface area contributed by atoms with Crippen molar-refractivity contribution >= 4 is 24.1 Å². The van der Waals surface area contributed by atoms with Crippen molar-refractivity contribution in [3.05, 3.63) is 17.5 Å². The molecule has 0 unspecified atom stereocenters. The predicted octanol–water partition coefficient (Wildman–Crippen LogP) is 1.50. The molecule has 0 saturated carbocycles. The number of carbonyl (C=O) groups excluding carboxylic acids is 1. The Morgan fingerprint density at radius 2 is 2.25 bits per heavy atom. The molecule has 5 nitrogen and oxygen atoms in total. The highest BCUT2D eigenvalue weighted by molar-refractivity contribution is 5.77. The monoisotopic (exact) mass is 220 g/mol. The van der Waals surface area contributed by atoms with Gasteiger partial charge in [-0.25, -0.2) is 4.99 Å². The fourth-order valence-corrected chi connectivity index (χ4v) is 1.31. The summed E-state index contributed by atoms with van der Waals surface area (Å²) in [4.78, 5) is 18.5. The number of amides is 1. The molecule has 3 N–H and O–H groups in total. The maximum atomic E-state index is 10.1. The molecular weight excluding hydrogens is 204 g/mol. The lowest BCUT2D eigenvalue weighted by Crippen LogP contribution is -2.06. The van der Waals surface area contributed by atoms with E-state index in [9.17, 15) is 4.79 Å². The highest BCUT2D eigenvalue weighted by Crippen LogP contribution is 2.27. The van der Waals surface area contributed by atoms with Crippen LogP contribution in [0.1, 0.15) is 31.2 Å². The van der Waals surface area contributed by atoms with E-state index < -0.39 is 0 Å². The molecule has 0 fully saturated rings. The molecule has 0 spiro atoms. The zero-order valence-electron chi connectivity index (χ0n) is 9.69. The number of aromatic nitrogens is 1. The third-order valence-corrected chi connectivity index (χ3v) is 2.14. The molecule has 1 heterocycles. The maximum absolute atomic E-state index is 10.1. The summed E-state index contributed by atoms with van der Waals surface area (Å²) in [6.45, 7) is 5.95. The second kappa shape index (κ2) is 5.25. The molecule has 1 rings (SSSR count). The molecule has 0 aliphatic heterocycles. The van der Waals surface area contributed by atoms with Crippen LogP contribution in [0.2, 0.25) is 0 Å². The molecule has 0 bridgehead atoms. The maximum Gasteiger partial charge on any atom is 0.212 e. The van der Waals surface area contributed by atoms with E-state index in [1.54, 1.807) is 0 Å². The van der Waals surface area contributed by atoms with Gasteiger partial charge in [-0.05, 0) is 18.9 Å². The zero-order valence-corrected chi connectivity index (χ0v) is 9.69. The Labute approximate surface area is 94.8 Å². The van der Waals surface area contributed by atoms with Crippen molar-refractivity contribution in [1.29, 1.82) is 0 Å². The Kier molecular flexibility index (Phi) is 3.99. The van der Waals surface area contributed by atoms with Gasteiger partial charge < -0.3 is 11.1 Å². The summed E-state index contributed by atoms with van der Waals surface area (Å²) in [5.74, 6) is 0.326. The minimum Gasteiger partial charge on any atom is -0.397 e. The number of aliphatic imine (C=N–C) groups is 1. The van der Waals surface area contributed by atoms with Crippen LogP contribution in [0.3, 0.4) is 0 Å². The fraction of sp³-hybridized carbons (Fsp3) is 0.364. The lowest BCUT2D eigenvalue weighted by atomic mass is 10.1. The average molecular weight is 220 g/mol. The summed E-state index contributed by atoms with van der Waals surface area (Å²) in [5, 5.41) is 2.33. The summed E-state index contributed by atoms with van der Waals surface area (Å²) in [7, 11) is 0. The molecule has 86 valence electrons. The third-order valence-electron chi connectivity index (χ3n) is 2.14. The number of hydrogen-bond acceptors (Lipinski definition) is 4. The number of anilines is 1. The van der Waals surface area contributed by atoms with E-state index in [1.807, 2.05) is 13.0 Å². The van der Waals surface area contributed by atoms with Gasteiger partial charge in [-0.2, -0.15) is 0 Å². The van der Waals surface area contributed by atoms with Crippen molar-refractivity contribution in [2.45, 2.75) is 26.7 Å². The number of nitrogen functional groups attached to an aromatic ring is 1. The lowest BCUT2D eigenvalue weighted by Gasteiger charge is -2.09. The predicted molar refractivity (Wildman–Crippen MR) is 64.8 cm³/mol. The van der Waals surface area contributed by atoms with E-state index in [-0.39, 0.29) is 0 Å². The molecule has 1 aromatic rings. The van der Waals surface area contributed by atoms with Crippen molar-refractivity contribution in [2.75, 3.05) is 5.73 Å². The van der Waals surface area contributed by atoms with Crippen LogP contribution in [0.25, 0.3) is 0 Å². The minimum atomic E-state index is 0.326. The Morgan fingerprint density at radius 1 is 1.56 bits per heavy atom. The molecule has 1 aromatic heterocycles. The van der Waals surface area contributed by atoms with E-state index in [2.05, 4.69) is 29.1 Å².